The van der Waals surface area contributed by atoms with E-state index >= 15 is 0 Å². The van der Waals surface area contributed by atoms with Gasteiger partial charge < -0.3 is 10.0 Å². The molecule has 21 heavy (non-hydrogen) atoms. The van der Waals surface area contributed by atoms with Gasteiger partial charge in [-0.3, -0.25) is 9.69 Å². The highest BCUT2D eigenvalue weighted by atomic mass is 16.3. The van der Waals surface area contributed by atoms with Crippen molar-refractivity contribution in [1.29, 1.82) is 0 Å². The number of likely N-dealkylation sites (N-methyl/N-ethyl adjacent to an activating group) is 1. The normalized spacial score (nSPS) is 19.8. The maximum absolute atomic E-state index is 12.5. The monoisotopic (exact) mass is 290 g/mol. The molecule has 0 bridgehead atoms. The number of amides is 1. The summed E-state index contributed by atoms with van der Waals surface area (Å²) < 4.78 is 0. The van der Waals surface area contributed by atoms with Gasteiger partial charge >= 0.3 is 0 Å². The molecule has 1 aliphatic heterocycles. The Labute approximate surface area is 127 Å². The van der Waals surface area contributed by atoms with Crippen LogP contribution < -0.4 is 0 Å². The predicted molar refractivity (Wildman–Crippen MR) is 84.3 cm³/mol. The molecular formula is C17H26N2O2. The van der Waals surface area contributed by atoms with Crippen LogP contribution in [0.2, 0.25) is 0 Å². The Morgan fingerprint density at radius 3 is 2.81 bits per heavy atom. The number of aliphatic hydroxyl groups is 1. The first-order chi connectivity index (χ1) is 10.0. The van der Waals surface area contributed by atoms with E-state index in [1.54, 1.807) is 0 Å². The molecule has 0 unspecified atom stereocenters. The summed E-state index contributed by atoms with van der Waals surface area (Å²) in [5.74, 6) is 0.194. The highest BCUT2D eigenvalue weighted by Crippen LogP contribution is 2.15. The van der Waals surface area contributed by atoms with Crippen LogP contribution in [-0.4, -0.2) is 60.1 Å². The van der Waals surface area contributed by atoms with Crippen LogP contribution in [0, 0.1) is 13.8 Å². The zero-order valence-corrected chi connectivity index (χ0v) is 13.3. The maximum Gasteiger partial charge on any atom is 0.227 e. The summed E-state index contributed by atoms with van der Waals surface area (Å²) in [5, 5.41) is 9.13. The van der Waals surface area contributed by atoms with Gasteiger partial charge in [0.25, 0.3) is 0 Å². The van der Waals surface area contributed by atoms with Crippen LogP contribution in [0.15, 0.2) is 18.2 Å². The Balaban J connectivity index is 2.01. The van der Waals surface area contributed by atoms with E-state index < -0.39 is 0 Å². The van der Waals surface area contributed by atoms with Crippen molar-refractivity contribution >= 4 is 5.91 Å². The summed E-state index contributed by atoms with van der Waals surface area (Å²) in [6.45, 7) is 6.67. The summed E-state index contributed by atoms with van der Waals surface area (Å²) in [6.07, 6.45) is 1.20. The molecule has 0 spiro atoms. The quantitative estimate of drug-likeness (QED) is 0.911. The van der Waals surface area contributed by atoms with E-state index in [0.717, 1.165) is 31.6 Å². The molecule has 1 amide bonds. The van der Waals surface area contributed by atoms with E-state index in [2.05, 4.69) is 44.0 Å². The smallest absolute Gasteiger partial charge is 0.227 e. The minimum atomic E-state index is 0.175. The van der Waals surface area contributed by atoms with Crippen LogP contribution in [0.5, 0.6) is 0 Å². The molecular weight excluding hydrogens is 264 g/mol. The van der Waals surface area contributed by atoms with Gasteiger partial charge in [0.2, 0.25) is 5.91 Å². The second kappa shape index (κ2) is 7.05. The molecule has 1 N–H and O–H groups in total. The number of carbonyl (C=O) groups excluding carboxylic acids is 1. The highest BCUT2D eigenvalue weighted by molar-refractivity contribution is 5.79. The van der Waals surface area contributed by atoms with Gasteiger partial charge in [-0.25, -0.2) is 0 Å². The number of nitrogens with zero attached hydrogens (tertiary/aromatic N) is 2. The minimum absolute atomic E-state index is 0.175. The number of hydrogen-bond donors (Lipinski definition) is 1. The van der Waals surface area contributed by atoms with Gasteiger partial charge in [-0.1, -0.05) is 23.8 Å². The van der Waals surface area contributed by atoms with Crippen LogP contribution in [-0.2, 0) is 11.2 Å². The predicted octanol–water partition coefficient (Wildman–Crippen LogP) is 1.37. The Bertz CT molecular complexity index is 502. The standard InChI is InChI=1S/C17H26N2O2/c1-13-4-5-14(2)15(10-13)11-17(21)19-8-7-18(3)16(12-19)6-9-20/h4-5,10,16,20H,6-9,11-12H2,1-3H3/t16-/m1/s1. The van der Waals surface area contributed by atoms with Gasteiger partial charge in [0.15, 0.2) is 0 Å². The number of aliphatic hydroxyl groups excluding tert-OH is 1. The summed E-state index contributed by atoms with van der Waals surface area (Å²) >= 11 is 0. The Hall–Kier alpha value is -1.39. The molecule has 2 rings (SSSR count). The van der Waals surface area contributed by atoms with Gasteiger partial charge in [-0.2, -0.15) is 0 Å². The van der Waals surface area contributed by atoms with Gasteiger partial charge in [-0.15, -0.1) is 0 Å². The first-order valence-electron chi connectivity index (χ1n) is 7.66. The fraction of sp³-hybridized carbons (Fsp3) is 0.588. The number of carbonyl (C=O) groups is 1. The molecule has 1 aromatic carbocycles. The van der Waals surface area contributed by atoms with Crippen molar-refractivity contribution in [2.75, 3.05) is 33.3 Å². The molecule has 1 atom stereocenters. The summed E-state index contributed by atoms with van der Waals surface area (Å²) in [7, 11) is 2.06. The van der Waals surface area contributed by atoms with E-state index in [9.17, 15) is 4.79 Å². The van der Waals surface area contributed by atoms with Crippen LogP contribution in [0.4, 0.5) is 0 Å². The first-order valence-corrected chi connectivity index (χ1v) is 7.66. The first kappa shape index (κ1) is 16.0. The second-order valence-electron chi connectivity index (χ2n) is 6.09. The molecule has 0 saturated carbocycles. The third-order valence-corrected chi connectivity index (χ3v) is 4.44. The topological polar surface area (TPSA) is 43.8 Å². The number of rotatable bonds is 4. The zero-order valence-electron chi connectivity index (χ0n) is 13.3. The van der Waals surface area contributed by atoms with Crippen molar-refractivity contribution in [3.63, 3.8) is 0 Å². The molecule has 0 radical (unpaired) electrons. The molecule has 1 saturated heterocycles. The molecule has 0 aliphatic carbocycles. The average molecular weight is 290 g/mol. The number of benzene rings is 1. The largest absolute Gasteiger partial charge is 0.396 e. The van der Waals surface area contributed by atoms with Crippen molar-refractivity contribution in [2.24, 2.45) is 0 Å². The second-order valence-corrected chi connectivity index (χ2v) is 6.09. The third-order valence-electron chi connectivity index (χ3n) is 4.44. The lowest BCUT2D eigenvalue weighted by atomic mass is 10.0. The van der Waals surface area contributed by atoms with Crippen LogP contribution in [0.25, 0.3) is 0 Å². The van der Waals surface area contributed by atoms with E-state index in [-0.39, 0.29) is 18.6 Å². The Morgan fingerprint density at radius 2 is 2.10 bits per heavy atom. The van der Waals surface area contributed by atoms with Crippen molar-refractivity contribution in [1.82, 2.24) is 9.80 Å². The van der Waals surface area contributed by atoms with Crippen LogP contribution >= 0.6 is 0 Å². The summed E-state index contributed by atoms with van der Waals surface area (Å²) in [6, 6.07) is 6.54. The van der Waals surface area contributed by atoms with Gasteiger partial charge in [0, 0.05) is 32.3 Å². The molecule has 116 valence electrons. The number of hydrogen-bond acceptors (Lipinski definition) is 3. The maximum atomic E-state index is 12.5. The third kappa shape index (κ3) is 4.05. The van der Waals surface area contributed by atoms with Gasteiger partial charge in [0.05, 0.1) is 6.42 Å². The fourth-order valence-electron chi connectivity index (χ4n) is 2.90. The minimum Gasteiger partial charge on any atom is -0.396 e. The molecule has 1 aliphatic rings. The SMILES string of the molecule is Cc1ccc(C)c(CC(=O)N2CCN(C)[C@H](CCO)C2)c1. The lowest BCUT2D eigenvalue weighted by Crippen LogP contribution is -2.53. The molecule has 4 nitrogen and oxygen atoms in total. The van der Waals surface area contributed by atoms with E-state index in [0.29, 0.717) is 6.42 Å². The zero-order chi connectivity index (χ0) is 15.4. The molecule has 1 fully saturated rings. The van der Waals surface area contributed by atoms with Crippen molar-refractivity contribution < 1.29 is 9.90 Å². The molecule has 0 aromatic heterocycles. The van der Waals surface area contributed by atoms with Crippen LogP contribution in [0.3, 0.4) is 0 Å². The van der Waals surface area contributed by atoms with E-state index in [1.807, 2.05) is 4.90 Å². The molecule has 1 heterocycles. The lowest BCUT2D eigenvalue weighted by molar-refractivity contribution is -0.133. The van der Waals surface area contributed by atoms with E-state index in [1.165, 1.54) is 11.1 Å². The van der Waals surface area contributed by atoms with E-state index in [4.69, 9.17) is 5.11 Å². The number of aryl methyl sites for hydroxylation is 2. The van der Waals surface area contributed by atoms with Gasteiger partial charge in [0.1, 0.15) is 0 Å². The van der Waals surface area contributed by atoms with Crippen molar-refractivity contribution in [3.8, 4) is 0 Å². The van der Waals surface area contributed by atoms with Crippen molar-refractivity contribution in [3.05, 3.63) is 34.9 Å². The summed E-state index contributed by atoms with van der Waals surface area (Å²) in [5.41, 5.74) is 3.49. The molecule has 4 heteroatoms. The lowest BCUT2D eigenvalue weighted by Gasteiger charge is -2.39. The number of piperazine rings is 1. The molecule has 1 aromatic rings. The van der Waals surface area contributed by atoms with Crippen LogP contribution in [0.1, 0.15) is 23.1 Å². The summed E-state index contributed by atoms with van der Waals surface area (Å²) in [4.78, 5) is 16.7. The van der Waals surface area contributed by atoms with Gasteiger partial charge in [-0.05, 0) is 38.4 Å². The Kier molecular flexibility index (Phi) is 5.37. The highest BCUT2D eigenvalue weighted by Gasteiger charge is 2.26. The Morgan fingerprint density at radius 1 is 1.33 bits per heavy atom. The average Bonchev–Trinajstić information content (AvgIpc) is 2.45. The van der Waals surface area contributed by atoms with Crippen molar-refractivity contribution in [2.45, 2.75) is 32.7 Å². The fourth-order valence-corrected chi connectivity index (χ4v) is 2.90.